The van der Waals surface area contributed by atoms with Crippen LogP contribution in [0.2, 0.25) is 0 Å². The quantitative estimate of drug-likeness (QED) is 0.297. The Labute approximate surface area is 211 Å². The van der Waals surface area contributed by atoms with Gasteiger partial charge in [-0.15, -0.1) is 17.0 Å². The molecule has 4 nitrogen and oxygen atoms in total. The lowest BCUT2D eigenvalue weighted by Gasteiger charge is -2.28. The van der Waals surface area contributed by atoms with E-state index in [-0.39, 0.29) is 17.0 Å². The van der Waals surface area contributed by atoms with Gasteiger partial charge in [-0.3, -0.25) is 4.99 Å². The predicted molar refractivity (Wildman–Crippen MR) is 146 cm³/mol. The van der Waals surface area contributed by atoms with E-state index in [1.165, 1.54) is 108 Å². The van der Waals surface area contributed by atoms with Gasteiger partial charge in [-0.2, -0.15) is 0 Å². The summed E-state index contributed by atoms with van der Waals surface area (Å²) in [5.41, 5.74) is 2.38. The molecule has 33 heavy (non-hydrogen) atoms. The average molecular weight is 519 g/mol. The van der Waals surface area contributed by atoms with E-state index in [2.05, 4.69) is 34.9 Å². The number of amidine groups is 1. The molecule has 3 aliphatic rings. The van der Waals surface area contributed by atoms with Gasteiger partial charge in [0, 0.05) is 29.4 Å². The number of aliphatic imine (C=N–C) groups is 1. The minimum Gasteiger partial charge on any atom is -0.497 e. The predicted octanol–water partition coefficient (Wildman–Crippen LogP) is 7.19. The number of ether oxygens (including phenoxy) is 1. The van der Waals surface area contributed by atoms with Gasteiger partial charge in [0.1, 0.15) is 11.6 Å². The van der Waals surface area contributed by atoms with E-state index in [0.717, 1.165) is 11.6 Å². The number of hydrogen-bond donors (Lipinski definition) is 2. The SMILES string of the molecule is Br.COc1cccc(/C(=C/C(=NC2CCCCC2)NC2CCCCC2)NC2CCCCC2)c1. The summed E-state index contributed by atoms with van der Waals surface area (Å²) in [6.07, 6.45) is 21.9. The van der Waals surface area contributed by atoms with Crippen molar-refractivity contribution in [2.75, 3.05) is 7.11 Å². The molecule has 0 bridgehead atoms. The Kier molecular flexibility index (Phi) is 11.1. The first-order valence-electron chi connectivity index (χ1n) is 13.3. The van der Waals surface area contributed by atoms with Crippen LogP contribution >= 0.6 is 17.0 Å². The second kappa shape index (κ2) is 14.0. The molecule has 0 radical (unpaired) electrons. The molecule has 0 heterocycles. The highest BCUT2D eigenvalue weighted by molar-refractivity contribution is 8.93. The molecule has 5 heteroatoms. The molecule has 0 unspecified atom stereocenters. The maximum absolute atomic E-state index is 5.54. The van der Waals surface area contributed by atoms with E-state index in [1.54, 1.807) is 7.11 Å². The third-order valence-electron chi connectivity index (χ3n) is 7.48. The third kappa shape index (κ3) is 8.35. The second-order valence-electron chi connectivity index (χ2n) is 10.1. The normalized spacial score (nSPS) is 21.8. The van der Waals surface area contributed by atoms with Crippen LogP contribution in [0.4, 0.5) is 0 Å². The van der Waals surface area contributed by atoms with Gasteiger partial charge in [0.15, 0.2) is 0 Å². The molecule has 184 valence electrons. The molecule has 0 saturated heterocycles. The van der Waals surface area contributed by atoms with Crippen molar-refractivity contribution in [2.24, 2.45) is 4.99 Å². The lowest BCUT2D eigenvalue weighted by atomic mass is 9.94. The van der Waals surface area contributed by atoms with Crippen LogP contribution in [0.1, 0.15) is 102 Å². The molecule has 0 aliphatic heterocycles. The van der Waals surface area contributed by atoms with Crippen LogP contribution in [0.5, 0.6) is 5.75 Å². The largest absolute Gasteiger partial charge is 0.497 e. The summed E-state index contributed by atoms with van der Waals surface area (Å²) in [4.78, 5) is 5.29. The number of hydrogen-bond acceptors (Lipinski definition) is 3. The molecule has 2 N–H and O–H groups in total. The van der Waals surface area contributed by atoms with Gasteiger partial charge in [-0.05, 0) is 50.7 Å². The standard InChI is InChI=1S/C28H43N3O.BrH/c1-32-26-19-11-12-22(20-26)27(29-23-13-5-2-6-14-23)21-28(30-24-15-7-3-8-16-24)31-25-17-9-4-10-18-25;/h11-12,19-21,23-25,29H,2-10,13-18H2,1H3,(H,30,31);1H/b27-21-;. The van der Waals surface area contributed by atoms with E-state index in [9.17, 15) is 0 Å². The van der Waals surface area contributed by atoms with Gasteiger partial charge in [0.2, 0.25) is 0 Å². The molecule has 0 amide bonds. The first kappa shape index (κ1) is 26.1. The molecule has 3 saturated carbocycles. The molecule has 0 aromatic heterocycles. The fourth-order valence-electron chi connectivity index (χ4n) is 5.58. The van der Waals surface area contributed by atoms with Crippen LogP contribution in [0.15, 0.2) is 35.3 Å². The number of methoxy groups -OCH3 is 1. The maximum atomic E-state index is 5.54. The van der Waals surface area contributed by atoms with Crippen molar-refractivity contribution >= 4 is 28.5 Å². The van der Waals surface area contributed by atoms with E-state index >= 15 is 0 Å². The van der Waals surface area contributed by atoms with E-state index in [4.69, 9.17) is 9.73 Å². The van der Waals surface area contributed by atoms with E-state index in [0.29, 0.717) is 18.1 Å². The number of rotatable bonds is 7. The van der Waals surface area contributed by atoms with Crippen LogP contribution in [-0.2, 0) is 0 Å². The zero-order chi connectivity index (χ0) is 22.0. The van der Waals surface area contributed by atoms with Crippen molar-refractivity contribution in [1.29, 1.82) is 0 Å². The molecule has 0 spiro atoms. The van der Waals surface area contributed by atoms with Gasteiger partial charge in [-0.1, -0.05) is 69.9 Å². The fourth-order valence-corrected chi connectivity index (χ4v) is 5.58. The Balaban J connectivity index is 0.00000306. The summed E-state index contributed by atoms with van der Waals surface area (Å²) in [6, 6.07) is 10.0. The van der Waals surface area contributed by atoms with Gasteiger partial charge in [0.25, 0.3) is 0 Å². The molecule has 1 aromatic rings. The number of nitrogens with zero attached hydrogens (tertiary/aromatic N) is 1. The van der Waals surface area contributed by atoms with E-state index < -0.39 is 0 Å². The first-order chi connectivity index (χ1) is 15.8. The number of nitrogens with one attached hydrogen (secondary N) is 2. The smallest absolute Gasteiger partial charge is 0.123 e. The summed E-state index contributed by atoms with van der Waals surface area (Å²) >= 11 is 0. The molecular weight excluding hydrogens is 474 g/mol. The monoisotopic (exact) mass is 517 g/mol. The lowest BCUT2D eigenvalue weighted by Crippen LogP contribution is -2.37. The lowest BCUT2D eigenvalue weighted by molar-refractivity contribution is 0.406. The number of benzene rings is 1. The van der Waals surface area contributed by atoms with Crippen molar-refractivity contribution in [2.45, 2.75) is 114 Å². The highest BCUT2D eigenvalue weighted by atomic mass is 79.9. The molecule has 3 aliphatic carbocycles. The molecular formula is C28H44BrN3O. The summed E-state index contributed by atoms with van der Waals surface area (Å²) in [5.74, 6) is 2.00. The van der Waals surface area contributed by atoms with Crippen molar-refractivity contribution in [3.05, 3.63) is 35.9 Å². The van der Waals surface area contributed by atoms with Gasteiger partial charge < -0.3 is 15.4 Å². The van der Waals surface area contributed by atoms with Crippen LogP contribution in [0, 0.1) is 0 Å². The zero-order valence-corrected chi connectivity index (χ0v) is 22.2. The Hall–Kier alpha value is -1.49. The summed E-state index contributed by atoms with van der Waals surface area (Å²) < 4.78 is 5.54. The van der Waals surface area contributed by atoms with Crippen molar-refractivity contribution in [3.63, 3.8) is 0 Å². The van der Waals surface area contributed by atoms with Gasteiger partial charge in [-0.25, -0.2) is 0 Å². The van der Waals surface area contributed by atoms with Gasteiger partial charge >= 0.3 is 0 Å². The first-order valence-corrected chi connectivity index (χ1v) is 13.3. The van der Waals surface area contributed by atoms with Crippen LogP contribution in [0.25, 0.3) is 5.70 Å². The summed E-state index contributed by atoms with van der Waals surface area (Å²) in [6.45, 7) is 0. The Morgan fingerprint density at radius 2 is 1.39 bits per heavy atom. The summed E-state index contributed by atoms with van der Waals surface area (Å²) in [5, 5.41) is 7.78. The molecule has 3 fully saturated rings. The van der Waals surface area contributed by atoms with Crippen molar-refractivity contribution in [1.82, 2.24) is 10.6 Å². The topological polar surface area (TPSA) is 45.6 Å². The van der Waals surface area contributed by atoms with E-state index in [1.807, 2.05) is 6.07 Å². The average Bonchev–Trinajstić information content (AvgIpc) is 2.85. The Morgan fingerprint density at radius 1 is 0.818 bits per heavy atom. The highest BCUT2D eigenvalue weighted by Gasteiger charge is 2.19. The Morgan fingerprint density at radius 3 is 2.00 bits per heavy atom. The van der Waals surface area contributed by atoms with Crippen molar-refractivity contribution in [3.8, 4) is 5.75 Å². The molecule has 4 rings (SSSR count). The molecule has 1 aromatic carbocycles. The highest BCUT2D eigenvalue weighted by Crippen LogP contribution is 2.25. The fraction of sp³-hybridized carbons (Fsp3) is 0.679. The minimum absolute atomic E-state index is 0. The summed E-state index contributed by atoms with van der Waals surface area (Å²) in [7, 11) is 1.75. The van der Waals surface area contributed by atoms with Crippen molar-refractivity contribution < 1.29 is 4.74 Å². The van der Waals surface area contributed by atoms with Crippen LogP contribution < -0.4 is 15.4 Å². The minimum atomic E-state index is 0. The maximum Gasteiger partial charge on any atom is 0.123 e. The Bertz CT molecular complexity index is 760. The second-order valence-corrected chi connectivity index (χ2v) is 10.1. The zero-order valence-electron chi connectivity index (χ0n) is 20.5. The van der Waals surface area contributed by atoms with Gasteiger partial charge in [0.05, 0.1) is 13.2 Å². The van der Waals surface area contributed by atoms with Crippen LogP contribution in [-0.4, -0.2) is 31.1 Å². The number of halogens is 1. The van der Waals surface area contributed by atoms with Crippen LogP contribution in [0.3, 0.4) is 0 Å². The molecule has 0 atom stereocenters. The third-order valence-corrected chi connectivity index (χ3v) is 7.48.